The van der Waals surface area contributed by atoms with Crippen molar-refractivity contribution in [2.45, 2.75) is 32.6 Å². The Morgan fingerprint density at radius 1 is 1.35 bits per heavy atom. The number of aromatic nitrogens is 2. The highest BCUT2D eigenvalue weighted by molar-refractivity contribution is 6.00. The normalized spacial score (nSPS) is 16.1. The van der Waals surface area contributed by atoms with Crippen LogP contribution in [-0.2, 0) is 6.42 Å². The number of nitrogens with zero attached hydrogens (tertiary/aromatic N) is 2. The number of aryl methyl sites for hydroxylation is 1. The lowest BCUT2D eigenvalue weighted by Crippen LogP contribution is -2.26. The van der Waals surface area contributed by atoms with Crippen molar-refractivity contribution in [2.75, 3.05) is 19.6 Å². The highest BCUT2D eigenvalue weighted by Gasteiger charge is 2.16. The van der Waals surface area contributed by atoms with Crippen LogP contribution in [0.25, 0.3) is 11.0 Å². The summed E-state index contributed by atoms with van der Waals surface area (Å²) in [7, 11) is 0. The topological polar surface area (TPSA) is 49.0 Å². The van der Waals surface area contributed by atoms with E-state index in [0.717, 1.165) is 48.4 Å². The number of likely N-dealkylation sites (tertiary alicyclic amines) is 1. The van der Waals surface area contributed by atoms with Gasteiger partial charge in [0.15, 0.2) is 5.78 Å². The third kappa shape index (κ3) is 2.75. The summed E-state index contributed by atoms with van der Waals surface area (Å²) < 4.78 is 0. The van der Waals surface area contributed by atoms with E-state index in [1.807, 2.05) is 18.2 Å². The number of ketones is 1. The number of hydrogen-bond acceptors (Lipinski definition) is 3. The maximum atomic E-state index is 12.3. The third-order valence-corrected chi connectivity index (χ3v) is 3.91. The molecule has 0 atom stereocenters. The molecule has 1 aliphatic rings. The minimum atomic E-state index is 0.209. The maximum Gasteiger partial charge on any atom is 0.176 e. The number of carbonyl (C=O) groups is 1. The summed E-state index contributed by atoms with van der Waals surface area (Å²) in [6.45, 7) is 4.79. The highest BCUT2D eigenvalue weighted by atomic mass is 16.1. The zero-order valence-electron chi connectivity index (χ0n) is 12.0. The lowest BCUT2D eigenvalue weighted by atomic mass is 10.1. The average Bonchev–Trinajstić information content (AvgIpc) is 3.06. The first-order valence-electron chi connectivity index (χ1n) is 7.50. The number of nitrogens with one attached hydrogen (secondary N) is 1. The van der Waals surface area contributed by atoms with Crippen molar-refractivity contribution in [1.82, 2.24) is 14.9 Å². The van der Waals surface area contributed by atoms with Crippen LogP contribution in [-0.4, -0.2) is 40.3 Å². The number of carbonyl (C=O) groups excluding carboxylic acids is 1. The minimum Gasteiger partial charge on any atom is -0.342 e. The predicted molar refractivity (Wildman–Crippen MR) is 80.1 cm³/mol. The van der Waals surface area contributed by atoms with E-state index in [9.17, 15) is 4.79 Å². The van der Waals surface area contributed by atoms with Crippen molar-refractivity contribution in [1.29, 1.82) is 0 Å². The SMILES string of the molecule is CCCc1nc2ccc(C(=O)CN3CCCC3)cc2[nH]1. The standard InChI is InChI=1S/C16H21N3O/c1-2-5-16-17-13-7-6-12(10-14(13)18-16)15(20)11-19-8-3-4-9-19/h6-7,10H,2-5,8-9,11H2,1H3,(H,17,18). The number of Topliss-reactive ketones (excluding diaryl/α,β-unsaturated/α-hetero) is 1. The molecule has 1 N–H and O–H groups in total. The number of rotatable bonds is 5. The largest absolute Gasteiger partial charge is 0.342 e. The molecule has 1 saturated heterocycles. The Labute approximate surface area is 119 Å². The molecular weight excluding hydrogens is 250 g/mol. The fourth-order valence-electron chi connectivity index (χ4n) is 2.83. The van der Waals surface area contributed by atoms with Gasteiger partial charge in [-0.3, -0.25) is 9.69 Å². The Hall–Kier alpha value is -1.68. The first-order chi connectivity index (χ1) is 9.76. The van der Waals surface area contributed by atoms with E-state index in [0.29, 0.717) is 6.54 Å². The lowest BCUT2D eigenvalue weighted by molar-refractivity contribution is 0.0945. The Morgan fingerprint density at radius 2 is 2.15 bits per heavy atom. The van der Waals surface area contributed by atoms with Crippen LogP contribution in [0, 0.1) is 0 Å². The van der Waals surface area contributed by atoms with Gasteiger partial charge < -0.3 is 4.98 Å². The molecule has 106 valence electrons. The van der Waals surface area contributed by atoms with Gasteiger partial charge in [-0.25, -0.2) is 4.98 Å². The molecule has 1 aliphatic heterocycles. The van der Waals surface area contributed by atoms with E-state index in [-0.39, 0.29) is 5.78 Å². The maximum absolute atomic E-state index is 12.3. The molecule has 20 heavy (non-hydrogen) atoms. The summed E-state index contributed by atoms with van der Waals surface area (Å²) in [4.78, 5) is 22.4. The van der Waals surface area contributed by atoms with Gasteiger partial charge >= 0.3 is 0 Å². The van der Waals surface area contributed by atoms with Crippen LogP contribution in [0.1, 0.15) is 42.4 Å². The van der Waals surface area contributed by atoms with Gasteiger partial charge in [-0.1, -0.05) is 6.92 Å². The molecule has 0 unspecified atom stereocenters. The van der Waals surface area contributed by atoms with Crippen molar-refractivity contribution >= 4 is 16.8 Å². The van der Waals surface area contributed by atoms with Crippen LogP contribution in [0.15, 0.2) is 18.2 Å². The van der Waals surface area contributed by atoms with Crippen LogP contribution in [0.3, 0.4) is 0 Å². The lowest BCUT2D eigenvalue weighted by Gasteiger charge is -2.13. The van der Waals surface area contributed by atoms with Crippen molar-refractivity contribution in [3.05, 3.63) is 29.6 Å². The van der Waals surface area contributed by atoms with E-state index < -0.39 is 0 Å². The molecule has 2 heterocycles. The molecule has 1 aromatic carbocycles. The van der Waals surface area contributed by atoms with Gasteiger partial charge in [0.1, 0.15) is 5.82 Å². The first kappa shape index (κ1) is 13.3. The van der Waals surface area contributed by atoms with Gasteiger partial charge in [0.2, 0.25) is 0 Å². The van der Waals surface area contributed by atoms with Gasteiger partial charge in [-0.2, -0.15) is 0 Å². The van der Waals surface area contributed by atoms with Gasteiger partial charge in [0, 0.05) is 12.0 Å². The zero-order valence-corrected chi connectivity index (χ0v) is 12.0. The van der Waals surface area contributed by atoms with Crippen molar-refractivity contribution in [3.8, 4) is 0 Å². The third-order valence-electron chi connectivity index (χ3n) is 3.91. The first-order valence-corrected chi connectivity index (χ1v) is 7.50. The highest BCUT2D eigenvalue weighted by Crippen LogP contribution is 2.16. The number of H-pyrrole nitrogens is 1. The van der Waals surface area contributed by atoms with E-state index >= 15 is 0 Å². The van der Waals surface area contributed by atoms with Crippen LogP contribution in [0.2, 0.25) is 0 Å². The van der Waals surface area contributed by atoms with Crippen molar-refractivity contribution in [3.63, 3.8) is 0 Å². The van der Waals surface area contributed by atoms with Gasteiger partial charge in [0.25, 0.3) is 0 Å². The van der Waals surface area contributed by atoms with E-state index in [1.54, 1.807) is 0 Å². The molecule has 0 spiro atoms. The molecule has 4 nitrogen and oxygen atoms in total. The van der Waals surface area contributed by atoms with E-state index in [1.165, 1.54) is 12.8 Å². The Kier molecular flexibility index (Phi) is 3.83. The Bertz CT molecular complexity index is 611. The molecule has 3 rings (SSSR count). The molecule has 4 heteroatoms. The molecule has 2 aromatic rings. The molecule has 0 bridgehead atoms. The molecule has 0 aliphatic carbocycles. The summed E-state index contributed by atoms with van der Waals surface area (Å²) in [5.74, 6) is 1.21. The second-order valence-corrected chi connectivity index (χ2v) is 5.57. The summed E-state index contributed by atoms with van der Waals surface area (Å²) >= 11 is 0. The van der Waals surface area contributed by atoms with Crippen LogP contribution >= 0.6 is 0 Å². The monoisotopic (exact) mass is 271 g/mol. The number of benzene rings is 1. The van der Waals surface area contributed by atoms with E-state index in [4.69, 9.17) is 0 Å². The van der Waals surface area contributed by atoms with Crippen molar-refractivity contribution in [2.24, 2.45) is 0 Å². The Morgan fingerprint density at radius 3 is 2.90 bits per heavy atom. The molecule has 1 fully saturated rings. The smallest absolute Gasteiger partial charge is 0.176 e. The fraction of sp³-hybridized carbons (Fsp3) is 0.500. The van der Waals surface area contributed by atoms with Gasteiger partial charge in [-0.05, 0) is 50.6 Å². The summed E-state index contributed by atoms with van der Waals surface area (Å²) in [6.07, 6.45) is 4.45. The Balaban J connectivity index is 1.78. The predicted octanol–water partition coefficient (Wildman–Crippen LogP) is 2.79. The van der Waals surface area contributed by atoms with Crippen LogP contribution in [0.4, 0.5) is 0 Å². The second kappa shape index (κ2) is 5.75. The zero-order chi connectivity index (χ0) is 13.9. The fourth-order valence-corrected chi connectivity index (χ4v) is 2.83. The van der Waals surface area contributed by atoms with Crippen molar-refractivity contribution < 1.29 is 4.79 Å². The van der Waals surface area contributed by atoms with Gasteiger partial charge in [-0.15, -0.1) is 0 Å². The second-order valence-electron chi connectivity index (χ2n) is 5.57. The number of aromatic amines is 1. The molecular formula is C16H21N3O. The molecule has 0 radical (unpaired) electrons. The quantitative estimate of drug-likeness (QED) is 0.851. The molecule has 1 aromatic heterocycles. The molecule has 0 amide bonds. The number of fused-ring (bicyclic) bond motifs is 1. The van der Waals surface area contributed by atoms with E-state index in [2.05, 4.69) is 21.8 Å². The average molecular weight is 271 g/mol. The van der Waals surface area contributed by atoms with Gasteiger partial charge in [0.05, 0.1) is 17.6 Å². The minimum absolute atomic E-state index is 0.209. The van der Waals surface area contributed by atoms with Crippen LogP contribution in [0.5, 0.6) is 0 Å². The van der Waals surface area contributed by atoms with Crippen LogP contribution < -0.4 is 0 Å². The number of imidazole rings is 1. The number of hydrogen-bond donors (Lipinski definition) is 1. The molecule has 0 saturated carbocycles. The summed E-state index contributed by atoms with van der Waals surface area (Å²) in [5.41, 5.74) is 2.71. The summed E-state index contributed by atoms with van der Waals surface area (Å²) in [5, 5.41) is 0. The summed E-state index contributed by atoms with van der Waals surface area (Å²) in [6, 6.07) is 5.79.